The number of hydrogen-bond acceptors (Lipinski definition) is 9. The largest absolute Gasteiger partial charge is 0.462 e. The molecule has 180 valence electrons. The van der Waals surface area contributed by atoms with Crippen molar-refractivity contribution in [2.45, 2.75) is 25.1 Å². The van der Waals surface area contributed by atoms with E-state index in [2.05, 4.69) is 46.8 Å². The van der Waals surface area contributed by atoms with Crippen LogP contribution in [0.15, 0.2) is 58.9 Å². The number of ether oxygens (including phenoxy) is 1. The summed E-state index contributed by atoms with van der Waals surface area (Å²) in [5.74, 6) is -0.556. The van der Waals surface area contributed by atoms with E-state index < -0.39 is 5.97 Å². The van der Waals surface area contributed by atoms with Gasteiger partial charge in [-0.25, -0.2) is 4.79 Å². The molecule has 0 fully saturated rings. The van der Waals surface area contributed by atoms with Crippen LogP contribution in [-0.4, -0.2) is 34.4 Å². The van der Waals surface area contributed by atoms with Gasteiger partial charge in [0.1, 0.15) is 5.00 Å². The number of carbonyl (C=O) groups excluding carboxylic acids is 2. The molecule has 2 N–H and O–H groups in total. The second-order valence-electron chi connectivity index (χ2n) is 7.57. The monoisotopic (exact) mass is 524 g/mol. The minimum absolute atomic E-state index is 0.138. The minimum atomic E-state index is -0.458. The molecule has 0 bridgehead atoms. The van der Waals surface area contributed by atoms with E-state index in [4.69, 9.17) is 4.74 Å². The summed E-state index contributed by atoms with van der Waals surface area (Å²) in [4.78, 5) is 26.0. The summed E-state index contributed by atoms with van der Waals surface area (Å²) < 4.78 is 5.86. The minimum Gasteiger partial charge on any atom is -0.462 e. The Morgan fingerprint density at radius 2 is 1.80 bits per heavy atom. The van der Waals surface area contributed by atoms with E-state index in [1.807, 2.05) is 36.4 Å². The summed E-state index contributed by atoms with van der Waals surface area (Å²) in [6.07, 6.45) is 0. The Kier molecular flexibility index (Phi) is 8.17. The smallest absolute Gasteiger partial charge is 0.341 e. The van der Waals surface area contributed by atoms with Crippen LogP contribution in [-0.2, 0) is 9.53 Å². The van der Waals surface area contributed by atoms with E-state index in [1.54, 1.807) is 13.0 Å². The van der Waals surface area contributed by atoms with Gasteiger partial charge in [0.15, 0.2) is 4.34 Å². The number of hydrogen-bond donors (Lipinski definition) is 2. The quantitative estimate of drug-likeness (QED) is 0.190. The Hall–Kier alpha value is -3.21. The van der Waals surface area contributed by atoms with Crippen molar-refractivity contribution in [2.75, 3.05) is 23.0 Å². The number of thioether (sulfide) groups is 1. The van der Waals surface area contributed by atoms with Gasteiger partial charge in [0.25, 0.3) is 0 Å². The van der Waals surface area contributed by atoms with Crippen LogP contribution in [0.2, 0.25) is 0 Å². The maximum absolute atomic E-state index is 12.7. The maximum Gasteiger partial charge on any atom is 0.341 e. The van der Waals surface area contributed by atoms with Crippen molar-refractivity contribution in [2.24, 2.45) is 0 Å². The fraction of sp³-hybridized carbons (Fsp3) is 0.200. The van der Waals surface area contributed by atoms with Crippen LogP contribution in [0.5, 0.6) is 0 Å². The summed E-state index contributed by atoms with van der Waals surface area (Å²) in [5.41, 5.74) is 4.68. The molecule has 0 aliphatic rings. The van der Waals surface area contributed by atoms with Gasteiger partial charge in [-0.2, -0.15) is 0 Å². The topological polar surface area (TPSA) is 93.2 Å². The molecule has 1 amide bonds. The first-order chi connectivity index (χ1) is 16.9. The number of carbonyl (C=O) groups is 2. The molecule has 0 atom stereocenters. The van der Waals surface area contributed by atoms with Crippen molar-refractivity contribution in [3.05, 3.63) is 71.3 Å². The first-order valence-electron chi connectivity index (χ1n) is 10.9. The van der Waals surface area contributed by atoms with Crippen molar-refractivity contribution in [1.82, 2.24) is 10.2 Å². The number of aryl methyl sites for hydroxylation is 2. The summed E-state index contributed by atoms with van der Waals surface area (Å²) in [6, 6.07) is 17.6. The molecule has 2 aromatic heterocycles. The van der Waals surface area contributed by atoms with E-state index in [1.165, 1.54) is 45.6 Å². The van der Waals surface area contributed by atoms with Gasteiger partial charge in [0.2, 0.25) is 11.0 Å². The number of anilines is 3. The number of benzene rings is 2. The molecule has 35 heavy (non-hydrogen) atoms. The summed E-state index contributed by atoms with van der Waals surface area (Å²) in [7, 11) is 0. The zero-order chi connectivity index (χ0) is 24.8. The third-order valence-electron chi connectivity index (χ3n) is 5.03. The molecule has 7 nitrogen and oxygen atoms in total. The van der Waals surface area contributed by atoms with E-state index in [0.29, 0.717) is 20.0 Å². The zero-order valence-electron chi connectivity index (χ0n) is 19.5. The highest BCUT2D eigenvalue weighted by molar-refractivity contribution is 8.01. The normalized spacial score (nSPS) is 10.7. The molecule has 0 saturated heterocycles. The van der Waals surface area contributed by atoms with Gasteiger partial charge in [-0.3, -0.25) is 4.79 Å². The van der Waals surface area contributed by atoms with Crippen LogP contribution < -0.4 is 10.6 Å². The van der Waals surface area contributed by atoms with E-state index >= 15 is 0 Å². The Labute approximate surface area is 216 Å². The highest BCUT2D eigenvalue weighted by atomic mass is 32.2. The SMILES string of the molecule is CCOC(=O)c1cc(-c2ccccc2)sc1NC(=O)CSc1nnc(Nc2ccc(C)c(C)c2)s1. The Morgan fingerprint density at radius 3 is 2.54 bits per heavy atom. The molecule has 2 aromatic carbocycles. The molecule has 4 rings (SSSR count). The number of nitrogens with one attached hydrogen (secondary N) is 2. The second kappa shape index (κ2) is 11.5. The molecule has 0 saturated carbocycles. The summed E-state index contributed by atoms with van der Waals surface area (Å²) in [5, 5.41) is 15.6. The lowest BCUT2D eigenvalue weighted by atomic mass is 10.1. The number of rotatable bonds is 9. The van der Waals surface area contributed by atoms with Crippen molar-refractivity contribution in [3.63, 3.8) is 0 Å². The van der Waals surface area contributed by atoms with Crippen LogP contribution >= 0.6 is 34.4 Å². The standard InChI is InChI=1S/C25H24N4O3S3/c1-4-32-23(31)19-13-20(17-8-6-5-7-9-17)34-22(19)27-21(30)14-33-25-29-28-24(35-25)26-18-11-10-15(2)16(3)12-18/h5-13H,4,14H2,1-3H3,(H,26,28)(H,27,30). The molecule has 0 aliphatic heterocycles. The fourth-order valence-electron chi connectivity index (χ4n) is 3.14. The third kappa shape index (κ3) is 6.47. The number of aromatic nitrogens is 2. The number of nitrogens with zero attached hydrogens (tertiary/aromatic N) is 2. The van der Waals surface area contributed by atoms with Gasteiger partial charge in [-0.05, 0) is 55.7 Å². The molecule has 0 spiro atoms. The summed E-state index contributed by atoms with van der Waals surface area (Å²) >= 11 is 4.02. The molecule has 0 radical (unpaired) electrons. The van der Waals surface area contributed by atoms with Crippen LogP contribution in [0.3, 0.4) is 0 Å². The van der Waals surface area contributed by atoms with Gasteiger partial charge in [-0.15, -0.1) is 21.5 Å². The molecule has 0 unspecified atom stereocenters. The maximum atomic E-state index is 12.7. The lowest BCUT2D eigenvalue weighted by Gasteiger charge is -2.05. The fourth-order valence-corrected chi connectivity index (χ4v) is 5.78. The van der Waals surface area contributed by atoms with Gasteiger partial charge in [0.05, 0.1) is 17.9 Å². The van der Waals surface area contributed by atoms with E-state index in [-0.39, 0.29) is 18.3 Å². The van der Waals surface area contributed by atoms with Crippen molar-refractivity contribution < 1.29 is 14.3 Å². The first kappa shape index (κ1) is 24.9. The Balaban J connectivity index is 1.40. The van der Waals surface area contributed by atoms with E-state index in [9.17, 15) is 9.59 Å². The van der Waals surface area contributed by atoms with Crippen molar-refractivity contribution >= 4 is 62.1 Å². The molecule has 4 aromatic rings. The lowest BCUT2D eigenvalue weighted by Crippen LogP contribution is -2.15. The van der Waals surface area contributed by atoms with Crippen LogP contribution in [0, 0.1) is 13.8 Å². The van der Waals surface area contributed by atoms with Crippen molar-refractivity contribution in [3.8, 4) is 10.4 Å². The third-order valence-corrected chi connectivity index (χ3v) is 8.10. The molecule has 2 heterocycles. The highest BCUT2D eigenvalue weighted by Gasteiger charge is 2.20. The second-order valence-corrected chi connectivity index (χ2v) is 10.8. The van der Waals surface area contributed by atoms with Gasteiger partial charge >= 0.3 is 5.97 Å². The Bertz CT molecular complexity index is 1330. The van der Waals surface area contributed by atoms with Gasteiger partial charge in [0, 0.05) is 10.6 Å². The van der Waals surface area contributed by atoms with Crippen LogP contribution in [0.1, 0.15) is 28.4 Å². The predicted molar refractivity (Wildman–Crippen MR) is 144 cm³/mol. The number of thiophene rings is 1. The van der Waals surface area contributed by atoms with E-state index in [0.717, 1.165) is 16.1 Å². The number of esters is 1. The zero-order valence-corrected chi connectivity index (χ0v) is 21.9. The predicted octanol–water partition coefficient (Wildman–Crippen LogP) is 6.53. The van der Waals surface area contributed by atoms with Crippen molar-refractivity contribution in [1.29, 1.82) is 0 Å². The number of amides is 1. The van der Waals surface area contributed by atoms with Gasteiger partial charge < -0.3 is 15.4 Å². The van der Waals surface area contributed by atoms with Gasteiger partial charge in [-0.1, -0.05) is 59.5 Å². The summed E-state index contributed by atoms with van der Waals surface area (Å²) in [6.45, 7) is 6.14. The first-order valence-corrected chi connectivity index (χ1v) is 13.5. The molecular weight excluding hydrogens is 501 g/mol. The average molecular weight is 525 g/mol. The molecular formula is C25H24N4O3S3. The average Bonchev–Trinajstić information content (AvgIpc) is 3.48. The lowest BCUT2D eigenvalue weighted by molar-refractivity contribution is -0.113. The van der Waals surface area contributed by atoms with Crippen LogP contribution in [0.25, 0.3) is 10.4 Å². The Morgan fingerprint density at radius 1 is 1.00 bits per heavy atom. The van der Waals surface area contributed by atoms with Crippen LogP contribution in [0.4, 0.5) is 15.8 Å². The highest BCUT2D eigenvalue weighted by Crippen LogP contribution is 2.36. The molecule has 0 aliphatic carbocycles. The molecule has 10 heteroatoms.